The van der Waals surface area contributed by atoms with Crippen molar-refractivity contribution in [3.63, 3.8) is 0 Å². The van der Waals surface area contributed by atoms with Crippen molar-refractivity contribution in [1.82, 2.24) is 0 Å². The molecule has 0 heterocycles. The molecule has 2 heteroatoms. The summed E-state index contributed by atoms with van der Waals surface area (Å²) in [6.45, 7) is 4.45. The lowest BCUT2D eigenvalue weighted by Gasteiger charge is -2.41. The molecule has 24 heavy (non-hydrogen) atoms. The first-order valence-corrected chi connectivity index (χ1v) is 10.7. The molecule has 0 saturated carbocycles. The number of hydrogen-bond acceptors (Lipinski definition) is 1. The van der Waals surface area contributed by atoms with Crippen molar-refractivity contribution in [2.75, 3.05) is 0 Å². The summed E-state index contributed by atoms with van der Waals surface area (Å²) in [6, 6.07) is 20.5. The van der Waals surface area contributed by atoms with Crippen molar-refractivity contribution in [3.05, 3.63) is 60.7 Å². The van der Waals surface area contributed by atoms with Gasteiger partial charge in [-0.3, -0.25) is 0 Å². The van der Waals surface area contributed by atoms with E-state index in [-0.39, 0.29) is 5.04 Å². The van der Waals surface area contributed by atoms with Crippen LogP contribution in [0.25, 0.3) is 0 Å². The van der Waals surface area contributed by atoms with E-state index in [9.17, 15) is 4.80 Å². The molecule has 0 spiro atoms. The Kier molecular flexibility index (Phi) is 6.42. The minimum atomic E-state index is -2.84. The topological polar surface area (TPSA) is 20.2 Å². The molecule has 0 amide bonds. The summed E-state index contributed by atoms with van der Waals surface area (Å²) < 4.78 is 0. The average molecular weight is 337 g/mol. The summed E-state index contributed by atoms with van der Waals surface area (Å²) in [4.78, 5) is 12.0. The maximum Gasteiger partial charge on any atom is 0.258 e. The monoisotopic (exact) mass is 336 g/mol. The van der Waals surface area contributed by atoms with Gasteiger partial charge in [0.25, 0.3) is 8.32 Å². The van der Waals surface area contributed by atoms with Crippen LogP contribution in [0.2, 0.25) is 5.04 Å². The van der Waals surface area contributed by atoms with Crippen molar-refractivity contribution in [2.24, 2.45) is 0 Å². The van der Waals surface area contributed by atoms with Crippen molar-refractivity contribution in [3.8, 4) is 12.3 Å². The molecular weight excluding hydrogens is 308 g/mol. The Morgan fingerprint density at radius 3 is 1.83 bits per heavy atom. The molecule has 1 N–H and O–H groups in total. The number of terminal acetylenes is 1. The van der Waals surface area contributed by atoms with E-state index in [1.807, 2.05) is 36.4 Å². The second-order valence-electron chi connectivity index (χ2n) is 7.09. The van der Waals surface area contributed by atoms with E-state index in [2.05, 4.69) is 44.0 Å². The highest BCUT2D eigenvalue weighted by atomic mass is 28.4. The van der Waals surface area contributed by atoms with Gasteiger partial charge in [0.1, 0.15) is 0 Å². The summed E-state index contributed by atoms with van der Waals surface area (Å²) >= 11 is 0. The van der Waals surface area contributed by atoms with Crippen LogP contribution in [0.3, 0.4) is 0 Å². The maximum atomic E-state index is 12.0. The van der Waals surface area contributed by atoms with E-state index in [4.69, 9.17) is 6.42 Å². The van der Waals surface area contributed by atoms with E-state index < -0.39 is 8.32 Å². The first-order chi connectivity index (χ1) is 11.5. The van der Waals surface area contributed by atoms with Gasteiger partial charge in [-0.05, 0) is 28.3 Å². The lowest BCUT2D eigenvalue weighted by molar-refractivity contribution is 0.450. The van der Waals surface area contributed by atoms with Crippen LogP contribution in [0.1, 0.15) is 46.0 Å². The molecule has 0 atom stereocenters. The van der Waals surface area contributed by atoms with E-state index in [0.29, 0.717) is 0 Å². The predicted molar refractivity (Wildman–Crippen MR) is 106 cm³/mol. The molecule has 0 fully saturated rings. The Morgan fingerprint density at radius 2 is 1.38 bits per heavy atom. The minimum Gasteiger partial charge on any atom is -0.424 e. The van der Waals surface area contributed by atoms with Crippen LogP contribution < -0.4 is 10.4 Å². The van der Waals surface area contributed by atoms with Crippen LogP contribution in [-0.4, -0.2) is 13.1 Å². The van der Waals surface area contributed by atoms with Crippen LogP contribution >= 0.6 is 0 Å². The van der Waals surface area contributed by atoms with Crippen molar-refractivity contribution >= 4 is 18.7 Å². The quantitative estimate of drug-likeness (QED) is 0.437. The summed E-state index contributed by atoms with van der Waals surface area (Å²) in [5, 5.41) is 2.03. The molecule has 2 aromatic carbocycles. The van der Waals surface area contributed by atoms with E-state index in [1.54, 1.807) is 0 Å². The van der Waals surface area contributed by atoms with Gasteiger partial charge in [0.15, 0.2) is 0 Å². The normalized spacial score (nSPS) is 11.9. The van der Waals surface area contributed by atoms with Crippen LogP contribution in [0.4, 0.5) is 0 Å². The number of hydrogen-bond donors (Lipinski definition) is 1. The van der Waals surface area contributed by atoms with Crippen molar-refractivity contribution in [2.45, 2.75) is 51.0 Å². The van der Waals surface area contributed by atoms with Crippen LogP contribution in [-0.2, 0) is 0 Å². The molecule has 2 rings (SSSR count). The zero-order valence-corrected chi connectivity index (χ0v) is 15.8. The van der Waals surface area contributed by atoms with Crippen LogP contribution in [0, 0.1) is 12.3 Å². The zero-order chi connectivity index (χ0) is 17.5. The molecule has 0 saturated heterocycles. The molecule has 0 aliphatic carbocycles. The van der Waals surface area contributed by atoms with Crippen molar-refractivity contribution < 1.29 is 4.80 Å². The molecule has 2 aromatic rings. The second kappa shape index (κ2) is 8.33. The van der Waals surface area contributed by atoms with Crippen LogP contribution in [0.15, 0.2) is 60.7 Å². The van der Waals surface area contributed by atoms with Gasteiger partial charge in [-0.15, -0.1) is 12.3 Å². The third kappa shape index (κ3) is 3.98. The first-order valence-electron chi connectivity index (χ1n) is 8.79. The Labute approximate surface area is 147 Å². The molecule has 0 aliphatic rings. The largest absolute Gasteiger partial charge is 0.424 e. The molecule has 0 unspecified atom stereocenters. The highest BCUT2D eigenvalue weighted by Gasteiger charge is 2.49. The standard InChI is InChI=1S/C22H28OSi/c1-4-5-6-7-14-19-22(2,3)24(23,20-15-10-8-11-16-20)21-17-12-9-13-18-21/h1,8-13,15-18,23H,5-7,14,19H2,2-3H3. The average Bonchev–Trinajstić information content (AvgIpc) is 2.62. The summed E-state index contributed by atoms with van der Waals surface area (Å²) in [6.07, 6.45) is 10.5. The lowest BCUT2D eigenvalue weighted by atomic mass is 10.0. The van der Waals surface area contributed by atoms with Gasteiger partial charge >= 0.3 is 0 Å². The third-order valence-electron chi connectivity index (χ3n) is 4.99. The predicted octanol–water partition coefficient (Wildman–Crippen LogP) is 4.10. The van der Waals surface area contributed by atoms with E-state index in [0.717, 1.165) is 42.5 Å². The van der Waals surface area contributed by atoms with Gasteiger partial charge < -0.3 is 4.80 Å². The fourth-order valence-electron chi connectivity index (χ4n) is 3.46. The van der Waals surface area contributed by atoms with Gasteiger partial charge in [-0.1, -0.05) is 87.4 Å². The molecular formula is C22H28OSi. The minimum absolute atomic E-state index is 0.147. The second-order valence-corrected chi connectivity index (χ2v) is 11.0. The summed E-state index contributed by atoms with van der Waals surface area (Å²) in [5.41, 5.74) is 0. The van der Waals surface area contributed by atoms with Gasteiger partial charge in [-0.25, -0.2) is 0 Å². The van der Waals surface area contributed by atoms with Crippen molar-refractivity contribution in [1.29, 1.82) is 0 Å². The number of unbranched alkanes of at least 4 members (excludes halogenated alkanes) is 3. The van der Waals surface area contributed by atoms with E-state index >= 15 is 0 Å². The zero-order valence-electron chi connectivity index (χ0n) is 14.8. The lowest BCUT2D eigenvalue weighted by Crippen LogP contribution is -2.65. The highest BCUT2D eigenvalue weighted by Crippen LogP contribution is 2.40. The first kappa shape index (κ1) is 18.5. The number of rotatable bonds is 8. The molecule has 0 aliphatic heterocycles. The Hall–Kier alpha value is -1.82. The SMILES string of the molecule is C#CCCCCCC(C)(C)[Si](O)(c1ccccc1)c1ccccc1. The van der Waals surface area contributed by atoms with Crippen LogP contribution in [0.5, 0.6) is 0 Å². The van der Waals surface area contributed by atoms with Gasteiger partial charge in [0.2, 0.25) is 0 Å². The van der Waals surface area contributed by atoms with Gasteiger partial charge in [-0.2, -0.15) is 0 Å². The maximum absolute atomic E-state index is 12.0. The summed E-state index contributed by atoms with van der Waals surface area (Å²) in [7, 11) is -2.84. The molecule has 0 bridgehead atoms. The van der Waals surface area contributed by atoms with Gasteiger partial charge in [0, 0.05) is 6.42 Å². The fraction of sp³-hybridized carbons (Fsp3) is 0.364. The Bertz CT molecular complexity index is 616. The fourth-order valence-corrected chi connectivity index (χ4v) is 7.24. The molecule has 0 aromatic heterocycles. The smallest absolute Gasteiger partial charge is 0.258 e. The summed E-state index contributed by atoms with van der Waals surface area (Å²) in [5.74, 6) is 2.71. The molecule has 0 radical (unpaired) electrons. The third-order valence-corrected chi connectivity index (χ3v) is 9.53. The number of benzene rings is 2. The molecule has 1 nitrogen and oxygen atoms in total. The van der Waals surface area contributed by atoms with Gasteiger partial charge in [0.05, 0.1) is 0 Å². The molecule has 126 valence electrons. The van der Waals surface area contributed by atoms with E-state index in [1.165, 1.54) is 0 Å². The highest BCUT2D eigenvalue weighted by molar-refractivity contribution is 6.98. The Balaban J connectivity index is 2.31. The Morgan fingerprint density at radius 1 is 0.875 bits per heavy atom.